The van der Waals surface area contributed by atoms with Crippen molar-refractivity contribution in [3.05, 3.63) is 41.9 Å². The molecule has 1 aromatic carbocycles. The summed E-state index contributed by atoms with van der Waals surface area (Å²) < 4.78 is 34.0. The van der Waals surface area contributed by atoms with Crippen molar-refractivity contribution in [2.45, 2.75) is 26.8 Å². The highest BCUT2D eigenvalue weighted by Crippen LogP contribution is 2.27. The number of aryl methyl sites for hydroxylation is 1. The number of amides is 2. The van der Waals surface area contributed by atoms with E-state index in [4.69, 9.17) is 4.52 Å². The highest BCUT2D eigenvalue weighted by Gasteiger charge is 2.32. The van der Waals surface area contributed by atoms with E-state index in [0.717, 1.165) is 12.1 Å². The minimum atomic E-state index is -0.980. The summed E-state index contributed by atoms with van der Waals surface area (Å²) in [5.74, 6) is -1.40. The highest BCUT2D eigenvalue weighted by molar-refractivity contribution is 5.91. The predicted octanol–water partition coefficient (Wildman–Crippen LogP) is 2.59. The Kier molecular flexibility index (Phi) is 6.41. The molecule has 0 saturated carbocycles. The van der Waals surface area contributed by atoms with Gasteiger partial charge in [-0.05, 0) is 12.8 Å². The third kappa shape index (κ3) is 4.87. The fourth-order valence-electron chi connectivity index (χ4n) is 4.09. The third-order valence-electron chi connectivity index (χ3n) is 5.75. The Hall–Kier alpha value is -3.34. The van der Waals surface area contributed by atoms with Crippen molar-refractivity contribution in [2.24, 2.45) is 5.92 Å². The fourth-order valence-corrected chi connectivity index (χ4v) is 4.09. The average Bonchev–Trinajstić information content (AvgIpc) is 3.34. The number of halogens is 2. The van der Waals surface area contributed by atoms with Gasteiger partial charge in [0.05, 0.1) is 23.9 Å². The van der Waals surface area contributed by atoms with E-state index in [1.807, 2.05) is 18.7 Å². The number of hydrogen-bond acceptors (Lipinski definition) is 6. The van der Waals surface area contributed by atoms with Gasteiger partial charge in [-0.1, -0.05) is 19.0 Å². The number of nitrogens with zero attached hydrogens (tertiary/aromatic N) is 5. The molecule has 2 aromatic heterocycles. The maximum absolute atomic E-state index is 13.9. The zero-order valence-corrected chi connectivity index (χ0v) is 18.7. The van der Waals surface area contributed by atoms with E-state index in [-0.39, 0.29) is 24.3 Å². The topological polar surface area (TPSA) is 96.5 Å². The van der Waals surface area contributed by atoms with Crippen LogP contribution in [0.5, 0.6) is 0 Å². The van der Waals surface area contributed by atoms with Crippen LogP contribution in [0.3, 0.4) is 0 Å². The first kappa shape index (κ1) is 22.8. The molecule has 1 fully saturated rings. The van der Waals surface area contributed by atoms with Crippen LogP contribution in [-0.2, 0) is 9.59 Å². The molecule has 3 aromatic rings. The first-order valence-electron chi connectivity index (χ1n) is 10.8. The molecule has 176 valence electrons. The maximum Gasteiger partial charge on any atom is 0.246 e. The summed E-state index contributed by atoms with van der Waals surface area (Å²) in [5.41, 5.74) is 0.671. The second kappa shape index (κ2) is 9.26. The van der Waals surface area contributed by atoms with Gasteiger partial charge >= 0.3 is 0 Å². The lowest BCUT2D eigenvalue weighted by atomic mass is 10.0. The van der Waals surface area contributed by atoms with Crippen LogP contribution in [0.1, 0.15) is 25.6 Å². The minimum Gasteiger partial charge on any atom is -0.360 e. The Morgan fingerprint density at radius 1 is 1.12 bits per heavy atom. The Bertz CT molecular complexity index is 1170. The Labute approximate surface area is 189 Å². The standard InChI is InChI=1S/C22H26F2N6O3/c1-13(2)21(30-12-25-17-9-15(23)16(24)10-18(17)30)22(32)29-6-4-28(5-7-29)11-20(31)26-19-8-14(3)33-27-19/h8-10,12-13,21H,4-7,11H2,1-3H3,(H,26,27,31). The molecule has 3 heterocycles. The zero-order chi connectivity index (χ0) is 23.7. The lowest BCUT2D eigenvalue weighted by molar-refractivity contribution is -0.137. The molecular weight excluding hydrogens is 434 g/mol. The molecular formula is C22H26F2N6O3. The number of nitrogens with one attached hydrogen (secondary N) is 1. The molecule has 2 amide bonds. The van der Waals surface area contributed by atoms with Gasteiger partial charge in [0.2, 0.25) is 11.8 Å². The predicted molar refractivity (Wildman–Crippen MR) is 116 cm³/mol. The molecule has 0 bridgehead atoms. The van der Waals surface area contributed by atoms with Crippen LogP contribution >= 0.6 is 0 Å². The number of rotatable bonds is 6. The number of imidazole rings is 1. The van der Waals surface area contributed by atoms with Crippen molar-refractivity contribution in [3.63, 3.8) is 0 Å². The van der Waals surface area contributed by atoms with Gasteiger partial charge in [0.15, 0.2) is 17.5 Å². The third-order valence-corrected chi connectivity index (χ3v) is 5.75. The lowest BCUT2D eigenvalue weighted by Gasteiger charge is -2.37. The molecule has 1 saturated heterocycles. The average molecular weight is 460 g/mol. The van der Waals surface area contributed by atoms with Gasteiger partial charge in [-0.2, -0.15) is 0 Å². The van der Waals surface area contributed by atoms with Crippen molar-refractivity contribution < 1.29 is 22.9 Å². The smallest absolute Gasteiger partial charge is 0.246 e. The van der Waals surface area contributed by atoms with E-state index in [1.54, 1.807) is 22.5 Å². The summed E-state index contributed by atoms with van der Waals surface area (Å²) in [7, 11) is 0. The van der Waals surface area contributed by atoms with Crippen LogP contribution in [0, 0.1) is 24.5 Å². The molecule has 0 aliphatic carbocycles. The molecule has 11 heteroatoms. The molecule has 1 atom stereocenters. The van der Waals surface area contributed by atoms with Crippen LogP contribution in [0.2, 0.25) is 0 Å². The Morgan fingerprint density at radius 2 is 1.82 bits per heavy atom. The number of hydrogen-bond donors (Lipinski definition) is 1. The number of carbonyl (C=O) groups excluding carboxylic acids is 2. The highest BCUT2D eigenvalue weighted by atomic mass is 19.2. The van der Waals surface area contributed by atoms with E-state index < -0.39 is 17.7 Å². The van der Waals surface area contributed by atoms with Gasteiger partial charge in [0.1, 0.15) is 11.8 Å². The van der Waals surface area contributed by atoms with Gasteiger partial charge in [-0.25, -0.2) is 13.8 Å². The molecule has 0 radical (unpaired) electrons. The first-order valence-corrected chi connectivity index (χ1v) is 10.8. The van der Waals surface area contributed by atoms with Gasteiger partial charge in [0.25, 0.3) is 0 Å². The van der Waals surface area contributed by atoms with Crippen LogP contribution in [0.25, 0.3) is 11.0 Å². The minimum absolute atomic E-state index is 0.0993. The van der Waals surface area contributed by atoms with E-state index in [9.17, 15) is 18.4 Å². The summed E-state index contributed by atoms with van der Waals surface area (Å²) in [6.45, 7) is 7.70. The summed E-state index contributed by atoms with van der Waals surface area (Å²) in [6, 6.07) is 3.14. The van der Waals surface area contributed by atoms with Crippen molar-refractivity contribution in [3.8, 4) is 0 Å². The Morgan fingerprint density at radius 3 is 2.45 bits per heavy atom. The number of anilines is 1. The van der Waals surface area contributed by atoms with Crippen molar-refractivity contribution in [2.75, 3.05) is 38.0 Å². The fraction of sp³-hybridized carbons (Fsp3) is 0.455. The molecule has 1 aliphatic heterocycles. The van der Waals surface area contributed by atoms with Crippen molar-refractivity contribution in [1.29, 1.82) is 0 Å². The number of benzene rings is 1. The molecule has 1 unspecified atom stereocenters. The van der Waals surface area contributed by atoms with E-state index >= 15 is 0 Å². The number of aromatic nitrogens is 3. The molecule has 0 spiro atoms. The first-order chi connectivity index (χ1) is 15.7. The molecule has 4 rings (SSSR count). The zero-order valence-electron chi connectivity index (χ0n) is 18.7. The summed E-state index contributed by atoms with van der Waals surface area (Å²) in [4.78, 5) is 33.5. The maximum atomic E-state index is 13.9. The van der Waals surface area contributed by atoms with E-state index in [2.05, 4.69) is 15.5 Å². The van der Waals surface area contributed by atoms with Crippen LogP contribution in [-0.4, -0.2) is 69.0 Å². The van der Waals surface area contributed by atoms with Gasteiger partial charge in [-0.15, -0.1) is 0 Å². The van der Waals surface area contributed by atoms with Crippen LogP contribution in [0.4, 0.5) is 14.6 Å². The van der Waals surface area contributed by atoms with Crippen molar-refractivity contribution >= 4 is 28.7 Å². The quantitative estimate of drug-likeness (QED) is 0.608. The molecule has 9 nitrogen and oxygen atoms in total. The monoisotopic (exact) mass is 460 g/mol. The number of piperazine rings is 1. The summed E-state index contributed by atoms with van der Waals surface area (Å²) >= 11 is 0. The Balaban J connectivity index is 1.40. The second-order valence-electron chi connectivity index (χ2n) is 8.57. The van der Waals surface area contributed by atoms with Gasteiger partial charge < -0.3 is 19.3 Å². The lowest BCUT2D eigenvalue weighted by Crippen LogP contribution is -2.52. The normalized spacial score (nSPS) is 15.9. The largest absolute Gasteiger partial charge is 0.360 e. The number of carbonyl (C=O) groups is 2. The molecule has 33 heavy (non-hydrogen) atoms. The van der Waals surface area contributed by atoms with Crippen LogP contribution < -0.4 is 5.32 Å². The van der Waals surface area contributed by atoms with Gasteiger partial charge in [0, 0.05) is 44.4 Å². The molecule has 1 aliphatic rings. The number of fused-ring (bicyclic) bond motifs is 1. The van der Waals surface area contributed by atoms with Crippen LogP contribution in [0.15, 0.2) is 29.0 Å². The second-order valence-corrected chi connectivity index (χ2v) is 8.57. The summed E-state index contributed by atoms with van der Waals surface area (Å²) in [6.07, 6.45) is 1.46. The van der Waals surface area contributed by atoms with Gasteiger partial charge in [-0.3, -0.25) is 14.5 Å². The van der Waals surface area contributed by atoms with Crippen molar-refractivity contribution in [1.82, 2.24) is 24.5 Å². The van der Waals surface area contributed by atoms with E-state index in [0.29, 0.717) is 48.8 Å². The molecule has 1 N–H and O–H groups in total. The van der Waals surface area contributed by atoms with E-state index in [1.165, 1.54) is 6.33 Å². The summed E-state index contributed by atoms with van der Waals surface area (Å²) in [5, 5.41) is 6.43. The SMILES string of the molecule is Cc1cc(NC(=O)CN2CCN(C(=O)C(C(C)C)n3cnc4cc(F)c(F)cc43)CC2)no1.